The van der Waals surface area contributed by atoms with Gasteiger partial charge in [0.15, 0.2) is 0 Å². The Kier molecular flexibility index (Phi) is 4.72. The molecule has 0 spiro atoms. The van der Waals surface area contributed by atoms with Crippen molar-refractivity contribution in [2.45, 2.75) is 19.8 Å². The van der Waals surface area contributed by atoms with Gasteiger partial charge in [0.05, 0.1) is 0 Å². The average Bonchev–Trinajstić information content (AvgIpc) is 3.41. The summed E-state index contributed by atoms with van der Waals surface area (Å²) in [6.07, 6.45) is 4.33. The smallest absolute Gasteiger partial charge is 0.270 e. The van der Waals surface area contributed by atoms with Gasteiger partial charge in [0.2, 0.25) is 10.3 Å². The van der Waals surface area contributed by atoms with Gasteiger partial charge >= 0.3 is 0 Å². The number of amides is 1. The monoisotopic (exact) mass is 360 g/mol. The lowest BCUT2D eigenvalue weighted by atomic mass is 10.3. The van der Waals surface area contributed by atoms with Gasteiger partial charge in [0.25, 0.3) is 5.91 Å². The number of carbonyl (C=O) groups is 1. The molecular formula is C17H24N6OS. The second kappa shape index (κ2) is 7.13. The van der Waals surface area contributed by atoms with E-state index in [1.54, 1.807) is 11.3 Å². The Morgan fingerprint density at radius 2 is 1.80 bits per heavy atom. The summed E-state index contributed by atoms with van der Waals surface area (Å²) in [6.45, 7) is 8.77. The van der Waals surface area contributed by atoms with E-state index in [-0.39, 0.29) is 5.91 Å². The lowest BCUT2D eigenvalue weighted by Crippen LogP contribution is -2.48. The number of hydrogen-bond donors (Lipinski definition) is 0. The number of anilines is 1. The molecule has 4 heterocycles. The van der Waals surface area contributed by atoms with Crippen LogP contribution < -0.4 is 4.90 Å². The standard InChI is InChI=1S/C17H24N6OS/c1-2-20-10-12-21(13-11-20)15(24)14-6-5-9-23(14)17-19-18-16(25-17)22-7-3-4-8-22/h5-6,9H,2-4,7-8,10-13H2,1H3. The maximum atomic E-state index is 12.9. The van der Waals surface area contributed by atoms with E-state index in [2.05, 4.69) is 26.9 Å². The minimum Gasteiger partial charge on any atom is -0.347 e. The molecule has 0 N–H and O–H groups in total. The maximum Gasteiger partial charge on any atom is 0.270 e. The topological polar surface area (TPSA) is 57.5 Å². The molecular weight excluding hydrogens is 336 g/mol. The Labute approximate surface area is 151 Å². The van der Waals surface area contributed by atoms with Crippen molar-refractivity contribution in [3.05, 3.63) is 24.0 Å². The molecule has 2 aromatic heterocycles. The van der Waals surface area contributed by atoms with Crippen LogP contribution in [0.1, 0.15) is 30.3 Å². The van der Waals surface area contributed by atoms with Crippen LogP contribution in [-0.4, -0.2) is 76.3 Å². The number of nitrogens with zero attached hydrogens (tertiary/aromatic N) is 6. The normalized spacial score (nSPS) is 18.9. The molecule has 2 saturated heterocycles. The van der Waals surface area contributed by atoms with Crippen LogP contribution >= 0.6 is 11.3 Å². The maximum absolute atomic E-state index is 12.9. The lowest BCUT2D eigenvalue weighted by Gasteiger charge is -2.34. The summed E-state index contributed by atoms with van der Waals surface area (Å²) in [5, 5.41) is 10.4. The molecule has 0 saturated carbocycles. The van der Waals surface area contributed by atoms with Crippen molar-refractivity contribution in [2.75, 3.05) is 50.7 Å². The van der Waals surface area contributed by atoms with Crippen LogP contribution in [0.25, 0.3) is 5.13 Å². The van der Waals surface area contributed by atoms with Gasteiger partial charge in [0, 0.05) is 45.5 Å². The lowest BCUT2D eigenvalue weighted by molar-refractivity contribution is 0.0635. The van der Waals surface area contributed by atoms with E-state index in [1.807, 2.05) is 27.8 Å². The van der Waals surface area contributed by atoms with Crippen LogP contribution in [0.2, 0.25) is 0 Å². The first-order valence-corrected chi connectivity index (χ1v) is 9.85. The van der Waals surface area contributed by atoms with E-state index < -0.39 is 0 Å². The fourth-order valence-corrected chi connectivity index (χ4v) is 4.39. The van der Waals surface area contributed by atoms with E-state index in [9.17, 15) is 4.79 Å². The third kappa shape index (κ3) is 3.28. The van der Waals surface area contributed by atoms with E-state index in [0.717, 1.165) is 56.1 Å². The van der Waals surface area contributed by atoms with Crippen molar-refractivity contribution in [2.24, 2.45) is 0 Å². The highest BCUT2D eigenvalue weighted by Crippen LogP contribution is 2.27. The van der Waals surface area contributed by atoms with E-state index in [0.29, 0.717) is 5.69 Å². The molecule has 8 heteroatoms. The number of piperazine rings is 1. The molecule has 0 bridgehead atoms. The molecule has 25 heavy (non-hydrogen) atoms. The zero-order chi connectivity index (χ0) is 17.2. The molecule has 2 aliphatic heterocycles. The fraction of sp³-hybridized carbons (Fsp3) is 0.588. The third-order valence-corrected chi connectivity index (χ3v) is 6.04. The van der Waals surface area contributed by atoms with Gasteiger partial charge in [-0.05, 0) is 31.5 Å². The van der Waals surface area contributed by atoms with Gasteiger partial charge in [-0.15, -0.1) is 10.2 Å². The quantitative estimate of drug-likeness (QED) is 0.831. The summed E-state index contributed by atoms with van der Waals surface area (Å²) in [7, 11) is 0. The van der Waals surface area contributed by atoms with Crippen LogP contribution in [0.3, 0.4) is 0 Å². The van der Waals surface area contributed by atoms with Crippen molar-refractivity contribution in [3.8, 4) is 5.13 Å². The van der Waals surface area contributed by atoms with Gasteiger partial charge in [-0.25, -0.2) is 0 Å². The summed E-state index contributed by atoms with van der Waals surface area (Å²) < 4.78 is 1.88. The molecule has 0 atom stereocenters. The molecule has 0 aliphatic carbocycles. The van der Waals surface area contributed by atoms with E-state index in [4.69, 9.17) is 0 Å². The molecule has 7 nitrogen and oxygen atoms in total. The van der Waals surface area contributed by atoms with Crippen molar-refractivity contribution >= 4 is 22.4 Å². The fourth-order valence-electron chi connectivity index (χ4n) is 3.49. The minimum atomic E-state index is 0.0821. The van der Waals surface area contributed by atoms with Crippen LogP contribution in [0, 0.1) is 0 Å². The Hall–Kier alpha value is -1.93. The second-order valence-electron chi connectivity index (χ2n) is 6.55. The number of aromatic nitrogens is 3. The predicted molar refractivity (Wildman–Crippen MR) is 98.7 cm³/mol. The third-order valence-electron chi connectivity index (χ3n) is 5.06. The first-order valence-electron chi connectivity index (χ1n) is 9.04. The van der Waals surface area contributed by atoms with Crippen molar-refractivity contribution in [1.29, 1.82) is 0 Å². The molecule has 2 aliphatic rings. The largest absolute Gasteiger partial charge is 0.347 e. The van der Waals surface area contributed by atoms with Crippen molar-refractivity contribution in [1.82, 2.24) is 24.6 Å². The highest BCUT2D eigenvalue weighted by Gasteiger charge is 2.25. The summed E-state index contributed by atoms with van der Waals surface area (Å²) >= 11 is 1.56. The van der Waals surface area contributed by atoms with Crippen LogP contribution in [0.4, 0.5) is 5.13 Å². The number of carbonyl (C=O) groups excluding carboxylic acids is 1. The number of hydrogen-bond acceptors (Lipinski definition) is 6. The Morgan fingerprint density at radius 1 is 1.08 bits per heavy atom. The Bertz CT molecular complexity index is 727. The Morgan fingerprint density at radius 3 is 2.52 bits per heavy atom. The highest BCUT2D eigenvalue weighted by molar-refractivity contribution is 7.17. The average molecular weight is 360 g/mol. The van der Waals surface area contributed by atoms with Crippen molar-refractivity contribution < 1.29 is 4.79 Å². The number of likely N-dealkylation sites (N-methyl/N-ethyl adjacent to an activating group) is 1. The molecule has 0 aromatic carbocycles. The zero-order valence-electron chi connectivity index (χ0n) is 14.6. The first kappa shape index (κ1) is 16.5. The summed E-state index contributed by atoms with van der Waals surface area (Å²) in [4.78, 5) is 19.5. The van der Waals surface area contributed by atoms with Gasteiger partial charge in [-0.1, -0.05) is 18.3 Å². The second-order valence-corrected chi connectivity index (χ2v) is 7.49. The first-order chi connectivity index (χ1) is 12.3. The van der Waals surface area contributed by atoms with Gasteiger partial charge in [0.1, 0.15) is 5.69 Å². The predicted octanol–water partition coefficient (Wildman–Crippen LogP) is 1.71. The molecule has 2 fully saturated rings. The number of rotatable bonds is 4. The van der Waals surface area contributed by atoms with Gasteiger partial charge < -0.3 is 14.7 Å². The van der Waals surface area contributed by atoms with Crippen LogP contribution in [0.5, 0.6) is 0 Å². The van der Waals surface area contributed by atoms with Gasteiger partial charge in [-0.2, -0.15) is 0 Å². The van der Waals surface area contributed by atoms with E-state index in [1.165, 1.54) is 12.8 Å². The van der Waals surface area contributed by atoms with Crippen molar-refractivity contribution in [3.63, 3.8) is 0 Å². The molecule has 134 valence electrons. The van der Waals surface area contributed by atoms with Crippen LogP contribution in [-0.2, 0) is 0 Å². The Balaban J connectivity index is 1.51. The highest BCUT2D eigenvalue weighted by atomic mass is 32.1. The summed E-state index contributed by atoms with van der Waals surface area (Å²) in [6, 6.07) is 3.79. The molecule has 4 rings (SSSR count). The molecule has 0 radical (unpaired) electrons. The van der Waals surface area contributed by atoms with E-state index >= 15 is 0 Å². The van der Waals surface area contributed by atoms with Crippen LogP contribution in [0.15, 0.2) is 18.3 Å². The molecule has 1 amide bonds. The summed E-state index contributed by atoms with van der Waals surface area (Å²) in [5.41, 5.74) is 0.675. The molecule has 0 unspecified atom stereocenters. The summed E-state index contributed by atoms with van der Waals surface area (Å²) in [5.74, 6) is 0.0821. The SMILES string of the molecule is CCN1CCN(C(=O)c2cccn2-c2nnc(N3CCCC3)s2)CC1. The molecule has 2 aromatic rings. The minimum absolute atomic E-state index is 0.0821. The zero-order valence-corrected chi connectivity index (χ0v) is 15.4. The van der Waals surface area contributed by atoms with Gasteiger partial charge in [-0.3, -0.25) is 9.36 Å².